The molecular weight excluding hydrogens is 490 g/mol. The van der Waals surface area contributed by atoms with Crippen molar-refractivity contribution in [3.05, 3.63) is 10.7 Å². The minimum absolute atomic E-state index is 0.0502. The molecule has 0 aromatic carbocycles. The number of ether oxygens (including phenoxy) is 4. The summed E-state index contributed by atoms with van der Waals surface area (Å²) in [7, 11) is 1.65. The van der Waals surface area contributed by atoms with Crippen LogP contribution in [-0.4, -0.2) is 115 Å². The highest BCUT2D eigenvalue weighted by molar-refractivity contribution is 8.03. The number of hydrogen-bond donors (Lipinski definition) is 8. The van der Waals surface area contributed by atoms with E-state index in [4.69, 9.17) is 36.1 Å². The molecule has 3 rings (SSSR count). The molecule has 0 bridgehead atoms. The summed E-state index contributed by atoms with van der Waals surface area (Å²) in [4.78, 5) is 1.01. The lowest BCUT2D eigenvalue weighted by molar-refractivity contribution is -0.304. The summed E-state index contributed by atoms with van der Waals surface area (Å²) in [6.45, 7) is 6.36. The highest BCUT2D eigenvalue weighted by Crippen LogP contribution is 2.35. The van der Waals surface area contributed by atoms with E-state index in [1.165, 1.54) is 0 Å². The molecule has 210 valence electrons. The molecule has 12 nitrogen and oxygen atoms in total. The van der Waals surface area contributed by atoms with Gasteiger partial charge in [0.1, 0.15) is 35.8 Å². The van der Waals surface area contributed by atoms with E-state index in [0.717, 1.165) is 10.7 Å². The number of thioether (sulfide) groups is 1. The van der Waals surface area contributed by atoms with E-state index in [-0.39, 0.29) is 19.2 Å². The van der Waals surface area contributed by atoms with Crippen LogP contribution in [0.4, 0.5) is 0 Å². The molecule has 1 aliphatic carbocycles. The molecular formula is C23H45N5O7S. The lowest BCUT2D eigenvalue weighted by Gasteiger charge is -2.49. The first kappa shape index (κ1) is 30.0. The van der Waals surface area contributed by atoms with Crippen LogP contribution in [0.3, 0.4) is 0 Å². The van der Waals surface area contributed by atoms with Crippen LogP contribution in [0.1, 0.15) is 33.6 Å². The molecule has 2 fully saturated rings. The zero-order chi connectivity index (χ0) is 26.6. The maximum atomic E-state index is 11.4. The Morgan fingerprint density at radius 1 is 1.11 bits per heavy atom. The molecule has 36 heavy (non-hydrogen) atoms. The number of nitrogens with two attached hydrogens (primary N) is 3. The number of likely N-dealkylation sites (N-methyl/N-ethyl adjacent to an activating group) is 2. The van der Waals surface area contributed by atoms with Crippen LogP contribution in [0.15, 0.2) is 10.7 Å². The Hall–Kier alpha value is -0.550. The van der Waals surface area contributed by atoms with E-state index in [1.807, 2.05) is 13.8 Å². The highest BCUT2D eigenvalue weighted by Gasteiger charge is 2.51. The highest BCUT2D eigenvalue weighted by atomic mass is 32.2. The lowest BCUT2D eigenvalue weighted by atomic mass is 9.83. The van der Waals surface area contributed by atoms with Gasteiger partial charge >= 0.3 is 0 Å². The summed E-state index contributed by atoms with van der Waals surface area (Å²) in [5.74, 6) is 1.51. The second-order valence-electron chi connectivity index (χ2n) is 9.89. The third kappa shape index (κ3) is 6.53. The molecule has 0 unspecified atom stereocenters. The summed E-state index contributed by atoms with van der Waals surface area (Å²) in [5.41, 5.74) is 17.4. The number of aliphatic hydroxyl groups excluding tert-OH is 2. The molecule has 11 atom stereocenters. The summed E-state index contributed by atoms with van der Waals surface area (Å²) in [6, 6.07) is -1.99. The van der Waals surface area contributed by atoms with Crippen molar-refractivity contribution >= 4 is 11.8 Å². The Morgan fingerprint density at radius 2 is 1.81 bits per heavy atom. The predicted molar refractivity (Wildman–Crippen MR) is 137 cm³/mol. The van der Waals surface area contributed by atoms with Gasteiger partial charge in [0.15, 0.2) is 6.29 Å². The third-order valence-corrected chi connectivity index (χ3v) is 8.08. The van der Waals surface area contributed by atoms with Crippen LogP contribution in [0.25, 0.3) is 0 Å². The summed E-state index contributed by atoms with van der Waals surface area (Å²) in [6.07, 6.45) is -4.91. The first-order chi connectivity index (χ1) is 17.1. The first-order valence-corrected chi connectivity index (χ1v) is 13.7. The van der Waals surface area contributed by atoms with Crippen LogP contribution in [0, 0.1) is 0 Å². The summed E-state index contributed by atoms with van der Waals surface area (Å²) >= 11 is 1.64. The van der Waals surface area contributed by atoms with Gasteiger partial charge in [0.25, 0.3) is 0 Å². The number of aliphatic hydroxyl groups is 3. The summed E-state index contributed by atoms with van der Waals surface area (Å²) in [5, 5.41) is 39.0. The largest absolute Gasteiger partial charge is 0.465 e. The topological polar surface area (TPSA) is 200 Å². The molecule has 2 aliphatic heterocycles. The Labute approximate surface area is 217 Å². The number of nitrogens with one attached hydrogen (secondary N) is 2. The quantitative estimate of drug-likeness (QED) is 0.151. The van der Waals surface area contributed by atoms with Gasteiger partial charge in [-0.15, -0.1) is 11.8 Å². The van der Waals surface area contributed by atoms with Crippen molar-refractivity contribution in [1.29, 1.82) is 0 Å². The van der Waals surface area contributed by atoms with E-state index < -0.39 is 60.7 Å². The molecule has 0 radical (unpaired) electrons. The van der Waals surface area contributed by atoms with Crippen molar-refractivity contribution in [2.75, 3.05) is 32.5 Å². The SMILES string of the molecule is CCN[C@@H]1C[C@H](N)[C@@H](O[C@H]2OC(CN)=C(SCC)C[C@H]2N)[C@H](O)[C@H]1O[C@H]1OC[C@](C)(O)[C@H](NC)[C@H]1O. The van der Waals surface area contributed by atoms with Crippen LogP contribution < -0.4 is 27.8 Å². The minimum atomic E-state index is -1.29. The van der Waals surface area contributed by atoms with Crippen molar-refractivity contribution < 1.29 is 34.3 Å². The van der Waals surface area contributed by atoms with Crippen molar-refractivity contribution in [1.82, 2.24) is 10.6 Å². The maximum absolute atomic E-state index is 11.4. The van der Waals surface area contributed by atoms with Gasteiger partial charge in [-0.2, -0.15) is 0 Å². The van der Waals surface area contributed by atoms with Gasteiger partial charge < -0.3 is 62.1 Å². The van der Waals surface area contributed by atoms with Crippen LogP contribution in [0.5, 0.6) is 0 Å². The van der Waals surface area contributed by atoms with Gasteiger partial charge in [0.2, 0.25) is 6.29 Å². The van der Waals surface area contributed by atoms with Crippen LogP contribution in [0.2, 0.25) is 0 Å². The molecule has 1 saturated carbocycles. The third-order valence-electron chi connectivity index (χ3n) is 7.05. The maximum Gasteiger partial charge on any atom is 0.215 e. The molecule has 0 spiro atoms. The van der Waals surface area contributed by atoms with Gasteiger partial charge in [-0.1, -0.05) is 13.8 Å². The van der Waals surface area contributed by atoms with Gasteiger partial charge in [-0.25, -0.2) is 0 Å². The molecule has 3 aliphatic rings. The Kier molecular flexibility index (Phi) is 10.8. The zero-order valence-electron chi connectivity index (χ0n) is 21.6. The zero-order valence-corrected chi connectivity index (χ0v) is 22.4. The van der Waals surface area contributed by atoms with E-state index in [0.29, 0.717) is 25.1 Å². The lowest BCUT2D eigenvalue weighted by Crippen LogP contribution is -2.69. The van der Waals surface area contributed by atoms with Gasteiger partial charge in [-0.3, -0.25) is 0 Å². The average Bonchev–Trinajstić information content (AvgIpc) is 2.82. The van der Waals surface area contributed by atoms with Crippen molar-refractivity contribution in [3.63, 3.8) is 0 Å². The van der Waals surface area contributed by atoms with Gasteiger partial charge in [-0.05, 0) is 32.7 Å². The van der Waals surface area contributed by atoms with E-state index >= 15 is 0 Å². The molecule has 1 saturated heterocycles. The predicted octanol–water partition coefficient (Wildman–Crippen LogP) is -2.12. The van der Waals surface area contributed by atoms with Crippen molar-refractivity contribution in [2.45, 2.75) is 100 Å². The molecule has 0 amide bonds. The number of hydrogen-bond acceptors (Lipinski definition) is 13. The average molecular weight is 536 g/mol. The van der Waals surface area contributed by atoms with E-state index in [1.54, 1.807) is 25.7 Å². The molecule has 2 heterocycles. The van der Waals surface area contributed by atoms with E-state index in [9.17, 15) is 15.3 Å². The van der Waals surface area contributed by atoms with Crippen molar-refractivity contribution in [3.8, 4) is 0 Å². The molecule has 0 aromatic heterocycles. The molecule has 13 heteroatoms. The van der Waals surface area contributed by atoms with Gasteiger partial charge in [0.05, 0.1) is 25.2 Å². The number of rotatable bonds is 10. The fourth-order valence-corrected chi connectivity index (χ4v) is 6.21. The molecule has 11 N–H and O–H groups in total. The van der Waals surface area contributed by atoms with Gasteiger partial charge in [0, 0.05) is 23.4 Å². The Morgan fingerprint density at radius 3 is 2.42 bits per heavy atom. The molecule has 0 aromatic rings. The fraction of sp³-hybridized carbons (Fsp3) is 0.913. The van der Waals surface area contributed by atoms with Crippen LogP contribution >= 0.6 is 11.8 Å². The standard InChI is InChI=1S/C23H45N5O7S/c1-5-28-13-7-11(25)18(34-21-12(26)8-15(36-6-2)14(9-24)33-21)16(29)19(13)35-22-17(30)20(27-4)23(3,31)10-32-22/h11-13,16-22,27-31H,5-10,24-26H2,1-4H3/t11-,12+,13+,16-,17+,18+,19-,20+,21+,22+,23-/m0/s1. The summed E-state index contributed by atoms with van der Waals surface area (Å²) < 4.78 is 24.0. The smallest absolute Gasteiger partial charge is 0.215 e. The second-order valence-corrected chi connectivity index (χ2v) is 11.2. The Balaban J connectivity index is 1.76. The fourth-order valence-electron chi connectivity index (χ4n) is 5.26. The first-order valence-electron chi connectivity index (χ1n) is 12.7. The normalized spacial score (nSPS) is 43.9. The van der Waals surface area contributed by atoms with Crippen molar-refractivity contribution in [2.24, 2.45) is 17.2 Å². The second kappa shape index (κ2) is 13.0. The monoisotopic (exact) mass is 535 g/mol. The van der Waals surface area contributed by atoms with E-state index in [2.05, 4.69) is 10.6 Å². The Bertz CT molecular complexity index is 748. The van der Waals surface area contributed by atoms with Crippen LogP contribution in [-0.2, 0) is 18.9 Å². The minimum Gasteiger partial charge on any atom is -0.465 e.